The molecule has 0 bridgehead atoms. The van der Waals surface area contributed by atoms with Crippen LogP contribution in [0.1, 0.15) is 50.2 Å². The summed E-state index contributed by atoms with van der Waals surface area (Å²) >= 11 is 0. The summed E-state index contributed by atoms with van der Waals surface area (Å²) in [5, 5.41) is 10.3. The van der Waals surface area contributed by atoms with Crippen LogP contribution in [0, 0.1) is 22.2 Å². The van der Waals surface area contributed by atoms with Gasteiger partial charge in [-0.3, -0.25) is 18.9 Å². The molecule has 4 heterocycles. The van der Waals surface area contributed by atoms with Crippen LogP contribution >= 0.6 is 10.6 Å². The fraction of sp³-hybridized carbons (Fsp3) is 0.515. The Morgan fingerprint density at radius 1 is 0.936 bits per heavy atom. The van der Waals surface area contributed by atoms with Gasteiger partial charge in [-0.05, 0) is 43.9 Å². The molecule has 14 heteroatoms. The van der Waals surface area contributed by atoms with E-state index in [-0.39, 0.29) is 11.5 Å². The van der Waals surface area contributed by atoms with Gasteiger partial charge in [0.15, 0.2) is 9.84 Å². The molecule has 4 fully saturated rings. The van der Waals surface area contributed by atoms with E-state index in [1.165, 1.54) is 0 Å². The third-order valence-electron chi connectivity index (χ3n) is 10.7. The number of sulfone groups is 1. The average molecular weight is 681 g/mol. The van der Waals surface area contributed by atoms with Crippen LogP contribution < -0.4 is 15.5 Å². The standard InChI is InChI=1S/C33H40N6O6S2/c34-22-32(9-10-32)33(31(35)40)8-2-1-3-27(33)29-28(23-4-6-25(7-5-23)38-11-15-46(41,42)16-12-38)37-30(45-29)24-19-26(21-36-20-24)39-13-17-47(43,44)18-14-39/h4-7,19-21,27,41-42H,1-3,8-18H2,(H2,35,40). The number of anilines is 2. The molecular formula is C33H40N6O6S2. The van der Waals surface area contributed by atoms with Gasteiger partial charge < -0.3 is 20.0 Å². The van der Waals surface area contributed by atoms with Crippen molar-refractivity contribution in [3.8, 4) is 28.8 Å². The number of benzene rings is 1. The first-order valence-corrected chi connectivity index (χ1v) is 19.9. The number of pyridine rings is 1. The minimum Gasteiger partial charge on any atom is -0.440 e. The number of aromatic nitrogens is 2. The maximum atomic E-state index is 13.5. The SMILES string of the molecule is N#CC1(C2(C(N)=O)CCCCC2c2oc(-c3cncc(N4CCS(=O)(=O)CC4)c3)nc2-c2ccc(N3CCS(O)(O)CC3)cc2)CC1. The van der Waals surface area contributed by atoms with Crippen molar-refractivity contribution in [2.24, 2.45) is 16.6 Å². The highest BCUT2D eigenvalue weighted by atomic mass is 32.3. The zero-order chi connectivity index (χ0) is 33.0. The Balaban J connectivity index is 1.30. The number of rotatable bonds is 7. The van der Waals surface area contributed by atoms with Crippen LogP contribution in [0.2, 0.25) is 0 Å². The normalized spacial score (nSPS) is 27.0. The van der Waals surface area contributed by atoms with Crippen molar-refractivity contribution in [2.45, 2.75) is 44.4 Å². The Bertz CT molecular complexity index is 1810. The number of nitrogens with zero attached hydrogens (tertiary/aromatic N) is 5. The highest BCUT2D eigenvalue weighted by Crippen LogP contribution is 2.68. The molecule has 2 saturated carbocycles. The van der Waals surface area contributed by atoms with Crippen molar-refractivity contribution in [1.29, 1.82) is 5.26 Å². The number of nitriles is 1. The fourth-order valence-electron chi connectivity index (χ4n) is 7.82. The summed E-state index contributed by atoms with van der Waals surface area (Å²) in [5.41, 5.74) is 8.04. The Morgan fingerprint density at radius 2 is 1.60 bits per heavy atom. The van der Waals surface area contributed by atoms with Gasteiger partial charge in [-0.1, -0.05) is 25.0 Å². The van der Waals surface area contributed by atoms with Crippen LogP contribution in [-0.2, 0) is 14.6 Å². The molecule has 0 radical (unpaired) electrons. The van der Waals surface area contributed by atoms with Gasteiger partial charge in [-0.15, -0.1) is 0 Å². The summed E-state index contributed by atoms with van der Waals surface area (Å²) in [6.45, 7) is 1.84. The Hall–Kier alpha value is -3.64. The molecule has 47 heavy (non-hydrogen) atoms. The number of primary amides is 1. The van der Waals surface area contributed by atoms with Crippen LogP contribution in [0.15, 0.2) is 47.1 Å². The molecule has 1 aromatic carbocycles. The second-order valence-corrected chi connectivity index (χ2v) is 18.1. The highest BCUT2D eigenvalue weighted by Gasteiger charge is 2.67. The van der Waals surface area contributed by atoms with Crippen molar-refractivity contribution in [3.63, 3.8) is 0 Å². The van der Waals surface area contributed by atoms with Gasteiger partial charge >= 0.3 is 0 Å². The zero-order valence-corrected chi connectivity index (χ0v) is 27.8. The van der Waals surface area contributed by atoms with Gasteiger partial charge in [0.2, 0.25) is 11.8 Å². The van der Waals surface area contributed by atoms with Gasteiger partial charge in [0.05, 0.1) is 57.4 Å². The van der Waals surface area contributed by atoms with Crippen LogP contribution in [0.3, 0.4) is 0 Å². The molecule has 4 N–H and O–H groups in total. The number of hydrogen-bond acceptors (Lipinski definition) is 11. The predicted octanol–water partition coefficient (Wildman–Crippen LogP) is 4.64. The van der Waals surface area contributed by atoms with E-state index < -0.39 is 43.1 Å². The molecule has 12 nitrogen and oxygen atoms in total. The summed E-state index contributed by atoms with van der Waals surface area (Å²) in [4.78, 5) is 27.0. The Labute approximate surface area is 276 Å². The zero-order valence-electron chi connectivity index (χ0n) is 26.2. The first-order valence-electron chi connectivity index (χ1n) is 16.2. The van der Waals surface area contributed by atoms with Crippen molar-refractivity contribution in [1.82, 2.24) is 9.97 Å². The minimum absolute atomic E-state index is 0.0809. The summed E-state index contributed by atoms with van der Waals surface area (Å²) in [6.07, 6.45) is 7.40. The molecule has 2 unspecified atom stereocenters. The summed E-state index contributed by atoms with van der Waals surface area (Å²) in [5.74, 6) is 0.782. The lowest BCUT2D eigenvalue weighted by Gasteiger charge is -2.44. The first-order chi connectivity index (χ1) is 22.5. The largest absolute Gasteiger partial charge is 0.440 e. The monoisotopic (exact) mass is 680 g/mol. The molecular weight excluding hydrogens is 641 g/mol. The number of amides is 1. The first kappa shape index (κ1) is 31.9. The van der Waals surface area contributed by atoms with Gasteiger partial charge in [0.1, 0.15) is 11.5 Å². The topological polar surface area (TPSA) is 187 Å². The van der Waals surface area contributed by atoms with Crippen molar-refractivity contribution in [3.05, 3.63) is 48.5 Å². The highest BCUT2D eigenvalue weighted by molar-refractivity contribution is 8.24. The second-order valence-electron chi connectivity index (χ2n) is 13.4. The lowest BCUT2D eigenvalue weighted by atomic mass is 9.56. The molecule has 3 aromatic rings. The summed E-state index contributed by atoms with van der Waals surface area (Å²) < 4.78 is 50.9. The van der Waals surface area contributed by atoms with E-state index in [2.05, 4.69) is 16.0 Å². The second kappa shape index (κ2) is 11.8. The number of oxazole rings is 1. The quantitative estimate of drug-likeness (QED) is 0.315. The molecule has 250 valence electrons. The molecule has 2 saturated heterocycles. The average Bonchev–Trinajstić information content (AvgIpc) is 3.75. The van der Waals surface area contributed by atoms with E-state index in [9.17, 15) is 27.6 Å². The van der Waals surface area contributed by atoms with E-state index in [1.807, 2.05) is 35.2 Å². The number of carbonyl (C=O) groups excluding carboxylic acids is 1. The summed E-state index contributed by atoms with van der Waals surface area (Å²) in [6, 6.07) is 12.3. The molecule has 1 amide bonds. The molecule has 2 aromatic heterocycles. The smallest absolute Gasteiger partial charge is 0.228 e. The molecule has 7 rings (SSSR count). The van der Waals surface area contributed by atoms with Gasteiger partial charge in [0.25, 0.3) is 0 Å². The van der Waals surface area contributed by atoms with E-state index >= 15 is 0 Å². The minimum atomic E-state index is -3.05. The van der Waals surface area contributed by atoms with Crippen LogP contribution in [0.5, 0.6) is 0 Å². The Morgan fingerprint density at radius 3 is 2.23 bits per heavy atom. The van der Waals surface area contributed by atoms with Crippen molar-refractivity contribution >= 4 is 37.7 Å². The van der Waals surface area contributed by atoms with Crippen LogP contribution in [0.25, 0.3) is 22.7 Å². The molecule has 4 aliphatic rings. The number of nitrogens with two attached hydrogens (primary N) is 1. The van der Waals surface area contributed by atoms with E-state index in [0.29, 0.717) is 86.3 Å². The van der Waals surface area contributed by atoms with E-state index in [1.54, 1.807) is 12.4 Å². The molecule has 2 aliphatic carbocycles. The molecule has 2 aliphatic heterocycles. The predicted molar refractivity (Wildman–Crippen MR) is 181 cm³/mol. The molecule has 2 atom stereocenters. The number of carbonyl (C=O) groups is 1. The molecule has 0 spiro atoms. The maximum absolute atomic E-state index is 13.5. The lowest BCUT2D eigenvalue weighted by molar-refractivity contribution is -0.135. The van der Waals surface area contributed by atoms with Crippen LogP contribution in [-0.4, -0.2) is 82.6 Å². The van der Waals surface area contributed by atoms with Crippen LogP contribution in [0.4, 0.5) is 11.4 Å². The fourth-order valence-corrected chi connectivity index (χ4v) is 10.2. The van der Waals surface area contributed by atoms with Crippen molar-refractivity contribution in [2.75, 3.05) is 59.0 Å². The van der Waals surface area contributed by atoms with E-state index in [0.717, 1.165) is 29.8 Å². The van der Waals surface area contributed by atoms with Crippen molar-refractivity contribution < 1.29 is 26.7 Å². The van der Waals surface area contributed by atoms with Gasteiger partial charge in [0, 0.05) is 49.5 Å². The third kappa shape index (κ3) is 5.77. The van der Waals surface area contributed by atoms with Gasteiger partial charge in [-0.2, -0.15) is 15.9 Å². The summed E-state index contributed by atoms with van der Waals surface area (Å²) in [7, 11) is -5.57. The third-order valence-corrected chi connectivity index (χ3v) is 14.0. The van der Waals surface area contributed by atoms with E-state index in [4.69, 9.17) is 15.1 Å². The maximum Gasteiger partial charge on any atom is 0.228 e. The van der Waals surface area contributed by atoms with Gasteiger partial charge in [-0.25, -0.2) is 13.4 Å². The number of hydrogen-bond donors (Lipinski definition) is 3. The Kier molecular flexibility index (Phi) is 8.02. The lowest BCUT2D eigenvalue weighted by Crippen LogP contribution is -2.50.